The number of hydrogen-bond donors (Lipinski definition) is 2. The summed E-state index contributed by atoms with van der Waals surface area (Å²) in [5, 5.41) is 18.1. The molecule has 0 aliphatic carbocycles. The Morgan fingerprint density at radius 2 is 2.20 bits per heavy atom. The van der Waals surface area contributed by atoms with E-state index in [-0.39, 0.29) is 12.4 Å². The summed E-state index contributed by atoms with van der Waals surface area (Å²) >= 11 is 1.45. The second-order valence-corrected chi connectivity index (χ2v) is 4.39. The zero-order chi connectivity index (χ0) is 11.3. The van der Waals surface area contributed by atoms with Crippen molar-refractivity contribution >= 4 is 11.8 Å². The summed E-state index contributed by atoms with van der Waals surface area (Å²) in [5.74, 6) is 0.346. The Morgan fingerprint density at radius 3 is 2.80 bits per heavy atom. The summed E-state index contributed by atoms with van der Waals surface area (Å²) in [6.45, 7) is 1.68. The molecule has 1 aromatic carbocycles. The second kappa shape index (κ2) is 6.10. The molecule has 15 heavy (non-hydrogen) atoms. The molecular weight excluding hydrogens is 215 g/mol. The summed E-state index contributed by atoms with van der Waals surface area (Å²) in [6, 6.07) is 4.76. The lowest BCUT2D eigenvalue weighted by Crippen LogP contribution is -1.99. The van der Waals surface area contributed by atoms with Crippen molar-refractivity contribution < 1.29 is 14.6 Å². The lowest BCUT2D eigenvalue weighted by Gasteiger charge is -2.12. The Labute approximate surface area is 93.1 Å². The Morgan fingerprint density at radius 1 is 1.47 bits per heavy atom. The van der Waals surface area contributed by atoms with Gasteiger partial charge in [0.15, 0.2) is 0 Å². The normalized spacial score (nSPS) is 12.8. The first kappa shape index (κ1) is 12.5. The summed E-state index contributed by atoms with van der Waals surface area (Å²) in [7, 11) is 0. The molecule has 0 heterocycles. The lowest BCUT2D eigenvalue weighted by atomic mass is 10.1. The van der Waals surface area contributed by atoms with Gasteiger partial charge in [0.2, 0.25) is 0 Å². The van der Waals surface area contributed by atoms with Crippen LogP contribution in [0.25, 0.3) is 0 Å². The molecule has 1 atom stereocenters. The maximum absolute atomic E-state index is 13.4. The van der Waals surface area contributed by atoms with Gasteiger partial charge in [-0.25, -0.2) is 4.39 Å². The first-order chi connectivity index (χ1) is 7.16. The van der Waals surface area contributed by atoms with Crippen LogP contribution in [0.2, 0.25) is 0 Å². The maximum atomic E-state index is 13.4. The highest BCUT2D eigenvalue weighted by atomic mass is 32.2. The summed E-state index contributed by atoms with van der Waals surface area (Å²) in [5.41, 5.74) is 0.348. The monoisotopic (exact) mass is 230 g/mol. The zero-order valence-electron chi connectivity index (χ0n) is 8.61. The van der Waals surface area contributed by atoms with Crippen molar-refractivity contribution in [3.63, 3.8) is 0 Å². The van der Waals surface area contributed by atoms with Crippen LogP contribution in [0.4, 0.5) is 4.39 Å². The fraction of sp³-hybridized carbons (Fsp3) is 0.455. The van der Waals surface area contributed by atoms with Gasteiger partial charge in [0, 0.05) is 22.8 Å². The predicted octanol–water partition coefficient (Wildman–Crippen LogP) is 2.35. The summed E-state index contributed by atoms with van der Waals surface area (Å²) in [4.78, 5) is 0.749. The van der Waals surface area contributed by atoms with Gasteiger partial charge in [-0.1, -0.05) is 6.07 Å². The fourth-order valence-electron chi connectivity index (χ4n) is 1.30. The quantitative estimate of drug-likeness (QED) is 0.602. The molecule has 0 aliphatic rings. The van der Waals surface area contributed by atoms with Crippen LogP contribution in [-0.2, 0) is 0 Å². The van der Waals surface area contributed by atoms with Crippen molar-refractivity contribution in [2.75, 3.05) is 12.4 Å². The molecule has 0 unspecified atom stereocenters. The maximum Gasteiger partial charge on any atom is 0.130 e. The minimum absolute atomic E-state index is 0.131. The van der Waals surface area contributed by atoms with E-state index in [4.69, 9.17) is 5.11 Å². The van der Waals surface area contributed by atoms with E-state index in [1.54, 1.807) is 19.1 Å². The molecule has 0 aliphatic heterocycles. The molecule has 1 aromatic rings. The van der Waals surface area contributed by atoms with E-state index in [1.165, 1.54) is 17.8 Å². The van der Waals surface area contributed by atoms with E-state index in [1.807, 2.05) is 0 Å². The van der Waals surface area contributed by atoms with Crippen LogP contribution in [0.1, 0.15) is 25.0 Å². The first-order valence-electron chi connectivity index (χ1n) is 4.87. The highest BCUT2D eigenvalue weighted by Gasteiger charge is 2.13. The van der Waals surface area contributed by atoms with E-state index in [0.717, 1.165) is 10.6 Å². The van der Waals surface area contributed by atoms with Crippen molar-refractivity contribution in [2.24, 2.45) is 0 Å². The molecule has 0 radical (unpaired) electrons. The van der Waals surface area contributed by atoms with Crippen molar-refractivity contribution in [3.05, 3.63) is 29.6 Å². The lowest BCUT2D eigenvalue weighted by molar-refractivity contribution is 0.191. The van der Waals surface area contributed by atoms with Gasteiger partial charge in [0.05, 0.1) is 6.10 Å². The molecule has 0 spiro atoms. The standard InChI is InChI=1S/C11H15FO2S/c1-8(14)11-9(12)4-2-5-10(11)15-7-3-6-13/h2,4-5,8,13-14H,3,6-7H2,1H3/t8-/m1/s1. The molecule has 2 nitrogen and oxygen atoms in total. The smallest absolute Gasteiger partial charge is 0.130 e. The van der Waals surface area contributed by atoms with Crippen LogP contribution in [0.5, 0.6) is 0 Å². The number of benzene rings is 1. The molecule has 84 valence electrons. The van der Waals surface area contributed by atoms with Crippen molar-refractivity contribution in [1.82, 2.24) is 0 Å². The molecule has 4 heteroatoms. The van der Waals surface area contributed by atoms with Gasteiger partial charge in [-0.15, -0.1) is 11.8 Å². The van der Waals surface area contributed by atoms with E-state index < -0.39 is 6.10 Å². The van der Waals surface area contributed by atoms with Crippen LogP contribution < -0.4 is 0 Å². The summed E-state index contributed by atoms with van der Waals surface area (Å²) < 4.78 is 13.4. The minimum Gasteiger partial charge on any atom is -0.396 e. The third kappa shape index (κ3) is 3.48. The van der Waals surface area contributed by atoms with Gasteiger partial charge < -0.3 is 10.2 Å². The highest BCUT2D eigenvalue weighted by Crippen LogP contribution is 2.29. The second-order valence-electron chi connectivity index (χ2n) is 3.25. The number of aliphatic hydroxyl groups excluding tert-OH is 2. The minimum atomic E-state index is -0.803. The molecular formula is C11H15FO2S. The third-order valence-corrected chi connectivity index (χ3v) is 3.15. The van der Waals surface area contributed by atoms with Gasteiger partial charge in [-0.2, -0.15) is 0 Å². The number of thioether (sulfide) groups is 1. The van der Waals surface area contributed by atoms with Crippen LogP contribution in [-0.4, -0.2) is 22.6 Å². The average molecular weight is 230 g/mol. The first-order valence-corrected chi connectivity index (χ1v) is 5.85. The largest absolute Gasteiger partial charge is 0.396 e. The number of aliphatic hydroxyl groups is 2. The zero-order valence-corrected chi connectivity index (χ0v) is 9.43. The summed E-state index contributed by atoms with van der Waals surface area (Å²) in [6.07, 6.45) is -0.136. The van der Waals surface area contributed by atoms with Gasteiger partial charge in [0.1, 0.15) is 5.82 Å². The number of halogens is 1. The Kier molecular flexibility index (Phi) is 5.08. The number of hydrogen-bond acceptors (Lipinski definition) is 3. The van der Waals surface area contributed by atoms with Gasteiger partial charge >= 0.3 is 0 Å². The molecule has 1 rings (SSSR count). The van der Waals surface area contributed by atoms with E-state index in [2.05, 4.69) is 0 Å². The molecule has 0 bridgehead atoms. The highest BCUT2D eigenvalue weighted by molar-refractivity contribution is 7.99. The average Bonchev–Trinajstić information content (AvgIpc) is 2.17. The van der Waals surface area contributed by atoms with E-state index in [9.17, 15) is 9.50 Å². The molecule has 0 saturated carbocycles. The predicted molar refractivity (Wildman–Crippen MR) is 59.5 cm³/mol. The SMILES string of the molecule is C[C@@H](O)c1c(F)cccc1SCCCO. The van der Waals surface area contributed by atoms with Crippen LogP contribution in [0, 0.1) is 5.82 Å². The van der Waals surface area contributed by atoms with Crippen LogP contribution in [0.15, 0.2) is 23.1 Å². The molecule has 0 aromatic heterocycles. The van der Waals surface area contributed by atoms with E-state index in [0.29, 0.717) is 12.0 Å². The Bertz CT molecular complexity index is 315. The van der Waals surface area contributed by atoms with Crippen molar-refractivity contribution in [2.45, 2.75) is 24.3 Å². The molecule has 0 fully saturated rings. The Balaban J connectivity index is 2.81. The molecule has 0 amide bonds. The number of rotatable bonds is 5. The van der Waals surface area contributed by atoms with Crippen molar-refractivity contribution in [1.29, 1.82) is 0 Å². The van der Waals surface area contributed by atoms with E-state index >= 15 is 0 Å². The van der Waals surface area contributed by atoms with Gasteiger partial charge in [-0.3, -0.25) is 0 Å². The van der Waals surface area contributed by atoms with Crippen molar-refractivity contribution in [3.8, 4) is 0 Å². The van der Waals surface area contributed by atoms with Gasteiger partial charge in [-0.05, 0) is 25.5 Å². The third-order valence-electron chi connectivity index (χ3n) is 1.99. The molecule has 0 saturated heterocycles. The fourth-order valence-corrected chi connectivity index (χ4v) is 2.39. The van der Waals surface area contributed by atoms with Crippen LogP contribution >= 0.6 is 11.8 Å². The Hall–Kier alpha value is -0.580. The molecule has 2 N–H and O–H groups in total. The topological polar surface area (TPSA) is 40.5 Å². The van der Waals surface area contributed by atoms with Crippen LogP contribution in [0.3, 0.4) is 0 Å². The van der Waals surface area contributed by atoms with Gasteiger partial charge in [0.25, 0.3) is 0 Å².